The summed E-state index contributed by atoms with van der Waals surface area (Å²) in [7, 11) is 3.22. The average molecular weight is 381 g/mol. The Morgan fingerprint density at radius 3 is 2.54 bits per heavy atom. The van der Waals surface area contributed by atoms with Crippen LogP contribution in [-0.2, 0) is 4.79 Å². The highest BCUT2D eigenvalue weighted by atomic mass is 16.5. The van der Waals surface area contributed by atoms with Crippen LogP contribution in [0.4, 0.5) is 0 Å². The van der Waals surface area contributed by atoms with Gasteiger partial charge in [-0.05, 0) is 55.7 Å². The average Bonchev–Trinajstić information content (AvgIpc) is 3.22. The minimum Gasteiger partial charge on any atom is -0.497 e. The molecule has 5 nitrogen and oxygen atoms in total. The monoisotopic (exact) mass is 381 g/mol. The molecule has 0 N–H and O–H groups in total. The second-order valence-corrected chi connectivity index (χ2v) is 6.63. The molecule has 1 aliphatic rings. The Labute approximate surface area is 166 Å². The maximum atomic E-state index is 12.8. The van der Waals surface area contributed by atoms with Crippen LogP contribution in [0.5, 0.6) is 17.2 Å². The van der Waals surface area contributed by atoms with E-state index in [9.17, 15) is 4.79 Å². The lowest BCUT2D eigenvalue weighted by atomic mass is 10.0. The predicted octanol–water partition coefficient (Wildman–Crippen LogP) is 4.48. The first-order chi connectivity index (χ1) is 13.7. The Morgan fingerprint density at radius 2 is 1.86 bits per heavy atom. The molecule has 0 aromatic heterocycles. The van der Waals surface area contributed by atoms with Crippen molar-refractivity contribution in [1.29, 1.82) is 0 Å². The van der Waals surface area contributed by atoms with E-state index in [0.29, 0.717) is 12.4 Å². The molecule has 1 heterocycles. The van der Waals surface area contributed by atoms with Gasteiger partial charge in [0.1, 0.15) is 17.2 Å². The van der Waals surface area contributed by atoms with Crippen molar-refractivity contribution in [2.75, 3.05) is 27.4 Å². The number of likely N-dealkylation sites (tertiary alicyclic amines) is 1. The fraction of sp³-hybridized carbons (Fsp3) is 0.348. The lowest BCUT2D eigenvalue weighted by Gasteiger charge is -2.24. The first kappa shape index (κ1) is 19.8. The molecule has 1 amide bonds. The summed E-state index contributed by atoms with van der Waals surface area (Å²) in [4.78, 5) is 14.8. The Balaban J connectivity index is 1.73. The largest absolute Gasteiger partial charge is 0.497 e. The van der Waals surface area contributed by atoms with E-state index >= 15 is 0 Å². The molecule has 0 unspecified atom stereocenters. The van der Waals surface area contributed by atoms with Crippen molar-refractivity contribution < 1.29 is 19.0 Å². The van der Waals surface area contributed by atoms with E-state index in [-0.39, 0.29) is 11.9 Å². The zero-order chi connectivity index (χ0) is 19.9. The fourth-order valence-electron chi connectivity index (χ4n) is 3.54. The van der Waals surface area contributed by atoms with Crippen LogP contribution < -0.4 is 14.2 Å². The number of nitrogens with zero attached hydrogens (tertiary/aromatic N) is 1. The van der Waals surface area contributed by atoms with Crippen molar-refractivity contribution in [2.45, 2.75) is 25.8 Å². The number of hydrogen-bond acceptors (Lipinski definition) is 4. The summed E-state index contributed by atoms with van der Waals surface area (Å²) in [6.45, 7) is 3.38. The Kier molecular flexibility index (Phi) is 6.58. The Morgan fingerprint density at radius 1 is 1.11 bits per heavy atom. The van der Waals surface area contributed by atoms with Crippen LogP contribution in [0.3, 0.4) is 0 Å². The third-order valence-corrected chi connectivity index (χ3v) is 4.96. The van der Waals surface area contributed by atoms with Gasteiger partial charge in [-0.1, -0.05) is 12.1 Å². The van der Waals surface area contributed by atoms with Gasteiger partial charge in [0.25, 0.3) is 0 Å². The van der Waals surface area contributed by atoms with Crippen molar-refractivity contribution in [3.63, 3.8) is 0 Å². The molecule has 1 saturated heterocycles. The Hall–Kier alpha value is -2.95. The number of hydrogen-bond donors (Lipinski definition) is 0. The summed E-state index contributed by atoms with van der Waals surface area (Å²) in [6.07, 6.45) is 5.40. The smallest absolute Gasteiger partial charge is 0.247 e. The molecule has 5 heteroatoms. The molecular formula is C23H27NO4. The summed E-state index contributed by atoms with van der Waals surface area (Å²) in [5, 5.41) is 0. The van der Waals surface area contributed by atoms with Gasteiger partial charge in [0.05, 0.1) is 26.9 Å². The highest BCUT2D eigenvalue weighted by Gasteiger charge is 2.28. The van der Waals surface area contributed by atoms with E-state index < -0.39 is 0 Å². The minimum absolute atomic E-state index is 0.00857. The van der Waals surface area contributed by atoms with Crippen molar-refractivity contribution in [3.8, 4) is 17.2 Å². The van der Waals surface area contributed by atoms with Crippen LogP contribution in [0.2, 0.25) is 0 Å². The summed E-state index contributed by atoms with van der Waals surface area (Å²) in [6, 6.07) is 13.7. The molecule has 148 valence electrons. The summed E-state index contributed by atoms with van der Waals surface area (Å²) in [5.41, 5.74) is 1.98. The van der Waals surface area contributed by atoms with E-state index in [1.807, 2.05) is 42.2 Å². The minimum atomic E-state index is 0.00857. The number of rotatable bonds is 7. The number of carbonyl (C=O) groups excluding carboxylic acids is 1. The van der Waals surface area contributed by atoms with Crippen LogP contribution in [0.25, 0.3) is 6.08 Å². The van der Waals surface area contributed by atoms with Crippen LogP contribution in [-0.4, -0.2) is 38.2 Å². The first-order valence-electron chi connectivity index (χ1n) is 9.59. The quantitative estimate of drug-likeness (QED) is 0.664. The van der Waals surface area contributed by atoms with Crippen LogP contribution >= 0.6 is 0 Å². The van der Waals surface area contributed by atoms with E-state index in [2.05, 4.69) is 12.1 Å². The molecule has 0 saturated carbocycles. The topological polar surface area (TPSA) is 48.0 Å². The standard InChI is InChI=1S/C23H27NO4/c1-4-28-19-11-7-17(8-12-19)21-6-5-15-24(21)23(25)14-10-18-9-13-20(26-2)16-22(18)27-3/h7-14,16,21H,4-6,15H2,1-3H3/b14-10+/t21-/m0/s1. The predicted molar refractivity (Wildman–Crippen MR) is 110 cm³/mol. The van der Waals surface area contributed by atoms with Crippen LogP contribution in [0, 0.1) is 0 Å². The second kappa shape index (κ2) is 9.31. The van der Waals surface area contributed by atoms with Gasteiger partial charge in [0.2, 0.25) is 5.91 Å². The Bertz CT molecular complexity index is 829. The number of ether oxygens (including phenoxy) is 3. The zero-order valence-corrected chi connectivity index (χ0v) is 16.7. The molecule has 2 aromatic rings. The van der Waals surface area contributed by atoms with Gasteiger partial charge in [-0.25, -0.2) is 0 Å². The molecule has 1 atom stereocenters. The molecule has 3 rings (SSSR count). The lowest BCUT2D eigenvalue weighted by Crippen LogP contribution is -2.28. The van der Waals surface area contributed by atoms with Crippen molar-refractivity contribution in [3.05, 3.63) is 59.7 Å². The third kappa shape index (κ3) is 4.47. The van der Waals surface area contributed by atoms with Gasteiger partial charge < -0.3 is 19.1 Å². The number of methoxy groups -OCH3 is 2. The van der Waals surface area contributed by atoms with Gasteiger partial charge >= 0.3 is 0 Å². The van der Waals surface area contributed by atoms with E-state index in [0.717, 1.165) is 42.0 Å². The lowest BCUT2D eigenvalue weighted by molar-refractivity contribution is -0.126. The molecule has 0 aliphatic carbocycles. The van der Waals surface area contributed by atoms with Gasteiger partial charge in [-0.15, -0.1) is 0 Å². The molecule has 0 spiro atoms. The maximum Gasteiger partial charge on any atom is 0.247 e. The molecule has 1 aliphatic heterocycles. The van der Waals surface area contributed by atoms with Crippen molar-refractivity contribution >= 4 is 12.0 Å². The zero-order valence-electron chi connectivity index (χ0n) is 16.7. The second-order valence-electron chi connectivity index (χ2n) is 6.63. The van der Waals surface area contributed by atoms with Crippen molar-refractivity contribution in [1.82, 2.24) is 4.90 Å². The van der Waals surface area contributed by atoms with Crippen LogP contribution in [0.1, 0.15) is 36.9 Å². The summed E-state index contributed by atoms with van der Waals surface area (Å²) in [5.74, 6) is 2.26. The SMILES string of the molecule is CCOc1ccc([C@@H]2CCCN2C(=O)/C=C/c2ccc(OC)cc2OC)cc1. The highest BCUT2D eigenvalue weighted by molar-refractivity contribution is 5.92. The maximum absolute atomic E-state index is 12.8. The highest BCUT2D eigenvalue weighted by Crippen LogP contribution is 2.33. The molecule has 28 heavy (non-hydrogen) atoms. The molecule has 2 aromatic carbocycles. The van der Waals surface area contributed by atoms with Crippen molar-refractivity contribution in [2.24, 2.45) is 0 Å². The van der Waals surface area contributed by atoms with E-state index in [1.165, 1.54) is 0 Å². The van der Waals surface area contributed by atoms with E-state index in [4.69, 9.17) is 14.2 Å². The molecule has 1 fully saturated rings. The van der Waals surface area contributed by atoms with Gasteiger partial charge in [-0.2, -0.15) is 0 Å². The fourth-order valence-corrected chi connectivity index (χ4v) is 3.54. The number of amides is 1. The normalized spacial score (nSPS) is 16.4. The molecule has 0 bridgehead atoms. The molecular weight excluding hydrogens is 354 g/mol. The van der Waals surface area contributed by atoms with E-state index in [1.54, 1.807) is 26.4 Å². The van der Waals surface area contributed by atoms with Gasteiger partial charge in [-0.3, -0.25) is 4.79 Å². The summed E-state index contributed by atoms with van der Waals surface area (Å²) < 4.78 is 16.1. The van der Waals surface area contributed by atoms with Gasteiger partial charge in [0, 0.05) is 24.3 Å². The number of carbonyl (C=O) groups is 1. The van der Waals surface area contributed by atoms with Gasteiger partial charge in [0.15, 0.2) is 0 Å². The third-order valence-electron chi connectivity index (χ3n) is 4.96. The first-order valence-corrected chi connectivity index (χ1v) is 9.59. The number of benzene rings is 2. The molecule has 0 radical (unpaired) electrons. The summed E-state index contributed by atoms with van der Waals surface area (Å²) >= 11 is 0. The van der Waals surface area contributed by atoms with Crippen LogP contribution in [0.15, 0.2) is 48.5 Å².